The van der Waals surface area contributed by atoms with E-state index in [1.54, 1.807) is 24.3 Å². The first kappa shape index (κ1) is 14.1. The Balaban J connectivity index is 1.59. The summed E-state index contributed by atoms with van der Waals surface area (Å²) in [6, 6.07) is 7.02. The Labute approximate surface area is 128 Å². The van der Waals surface area contributed by atoms with Crippen molar-refractivity contribution in [2.24, 2.45) is 0 Å². The van der Waals surface area contributed by atoms with Gasteiger partial charge >= 0.3 is 5.97 Å². The fourth-order valence-corrected chi connectivity index (χ4v) is 1.82. The molecule has 0 aliphatic carbocycles. The predicted molar refractivity (Wildman–Crippen MR) is 72.4 cm³/mol. The molecule has 0 atom stereocenters. The molecule has 1 aromatic carbocycles. The van der Waals surface area contributed by atoms with E-state index < -0.39 is 5.97 Å². The van der Waals surface area contributed by atoms with Gasteiger partial charge in [0.15, 0.2) is 6.61 Å². The first-order valence-corrected chi connectivity index (χ1v) is 6.53. The maximum atomic E-state index is 11.6. The lowest BCUT2D eigenvalue weighted by atomic mass is 10.2. The highest BCUT2D eigenvalue weighted by Gasteiger charge is 2.12. The highest BCUT2D eigenvalue weighted by molar-refractivity contribution is 6.30. The molecule has 0 fully saturated rings. The monoisotopic (exact) mass is 320 g/mol. The van der Waals surface area contributed by atoms with Crippen molar-refractivity contribution in [2.45, 2.75) is 13.2 Å². The van der Waals surface area contributed by atoms with Gasteiger partial charge in [-0.25, -0.2) is 4.68 Å². The van der Waals surface area contributed by atoms with Crippen molar-refractivity contribution in [1.29, 1.82) is 0 Å². The molecule has 2 heterocycles. The molecule has 0 aliphatic rings. The van der Waals surface area contributed by atoms with Gasteiger partial charge in [-0.2, -0.15) is 4.98 Å². The fourth-order valence-electron chi connectivity index (χ4n) is 1.63. The number of hydrogen-bond acceptors (Lipinski definition) is 8. The summed E-state index contributed by atoms with van der Waals surface area (Å²) in [4.78, 5) is 15.7. The lowest BCUT2D eigenvalue weighted by molar-refractivity contribution is -0.146. The molecule has 2 aromatic heterocycles. The second kappa shape index (κ2) is 6.31. The number of carbonyl (C=O) groups is 1. The SMILES string of the molecule is O=C(Cn1cnnn1)OCc1nc(-c2cccc(Cl)c2)no1. The number of hydrogen-bond donors (Lipinski definition) is 0. The number of benzene rings is 1. The molecule has 0 aliphatic heterocycles. The predicted octanol–water partition coefficient (Wildman–Crippen LogP) is 1.12. The van der Waals surface area contributed by atoms with Gasteiger partial charge in [0.25, 0.3) is 5.89 Å². The third-order valence-corrected chi connectivity index (χ3v) is 2.83. The molecule has 0 N–H and O–H groups in total. The van der Waals surface area contributed by atoms with Gasteiger partial charge in [-0.3, -0.25) is 4.79 Å². The minimum absolute atomic E-state index is 0.0950. The largest absolute Gasteiger partial charge is 0.454 e. The number of halogens is 1. The van der Waals surface area contributed by atoms with Crippen LogP contribution in [0.4, 0.5) is 0 Å². The van der Waals surface area contributed by atoms with E-state index >= 15 is 0 Å². The van der Waals surface area contributed by atoms with Crippen molar-refractivity contribution < 1.29 is 14.1 Å². The molecule has 22 heavy (non-hydrogen) atoms. The van der Waals surface area contributed by atoms with Gasteiger partial charge in [0.05, 0.1) is 0 Å². The van der Waals surface area contributed by atoms with Crippen LogP contribution in [0.5, 0.6) is 0 Å². The van der Waals surface area contributed by atoms with E-state index in [9.17, 15) is 4.79 Å². The van der Waals surface area contributed by atoms with Crippen LogP contribution in [0.15, 0.2) is 35.1 Å². The zero-order chi connectivity index (χ0) is 15.4. The van der Waals surface area contributed by atoms with Gasteiger partial charge < -0.3 is 9.26 Å². The standard InChI is InChI=1S/C12H9ClN6O3/c13-9-3-1-2-8(4-9)12-15-10(22-16-12)6-21-11(20)5-19-7-14-17-18-19/h1-4,7H,5-6H2. The molecule has 0 bridgehead atoms. The average Bonchev–Trinajstić information content (AvgIpc) is 3.16. The Hall–Kier alpha value is -2.81. The summed E-state index contributed by atoms with van der Waals surface area (Å²) in [7, 11) is 0. The normalized spacial score (nSPS) is 10.6. The Kier molecular flexibility index (Phi) is 4.05. The van der Waals surface area contributed by atoms with E-state index in [2.05, 4.69) is 25.7 Å². The third-order valence-electron chi connectivity index (χ3n) is 2.59. The van der Waals surface area contributed by atoms with E-state index in [1.807, 2.05) is 0 Å². The highest BCUT2D eigenvalue weighted by atomic mass is 35.5. The van der Waals surface area contributed by atoms with Crippen molar-refractivity contribution in [2.75, 3.05) is 0 Å². The van der Waals surface area contributed by atoms with Crippen LogP contribution >= 0.6 is 11.6 Å². The molecule has 0 saturated carbocycles. The summed E-state index contributed by atoms with van der Waals surface area (Å²) in [5.41, 5.74) is 0.711. The number of esters is 1. The van der Waals surface area contributed by atoms with E-state index in [0.29, 0.717) is 16.4 Å². The lowest BCUT2D eigenvalue weighted by Crippen LogP contribution is -2.14. The Bertz CT molecular complexity index is 773. The molecule has 112 valence electrons. The number of aromatic nitrogens is 6. The molecule has 0 amide bonds. The molecule has 0 saturated heterocycles. The Morgan fingerprint density at radius 3 is 3.09 bits per heavy atom. The van der Waals surface area contributed by atoms with Gasteiger partial charge in [-0.15, -0.1) is 5.10 Å². The van der Waals surface area contributed by atoms with E-state index in [4.69, 9.17) is 20.9 Å². The van der Waals surface area contributed by atoms with Crippen molar-refractivity contribution in [3.05, 3.63) is 41.5 Å². The molecule has 10 heteroatoms. The number of nitrogens with zero attached hydrogens (tertiary/aromatic N) is 6. The number of rotatable bonds is 5. The van der Waals surface area contributed by atoms with Gasteiger partial charge in [-0.1, -0.05) is 28.9 Å². The van der Waals surface area contributed by atoms with Crippen LogP contribution < -0.4 is 0 Å². The maximum Gasteiger partial charge on any atom is 0.328 e. The highest BCUT2D eigenvalue weighted by Crippen LogP contribution is 2.20. The van der Waals surface area contributed by atoms with Crippen LogP contribution in [0, 0.1) is 0 Å². The van der Waals surface area contributed by atoms with Crippen LogP contribution in [0.1, 0.15) is 5.89 Å². The Morgan fingerprint density at radius 1 is 1.41 bits per heavy atom. The molecule has 3 rings (SSSR count). The maximum absolute atomic E-state index is 11.6. The first-order chi connectivity index (χ1) is 10.7. The zero-order valence-electron chi connectivity index (χ0n) is 11.1. The van der Waals surface area contributed by atoms with Crippen molar-refractivity contribution in [1.82, 2.24) is 30.3 Å². The van der Waals surface area contributed by atoms with E-state index in [-0.39, 0.29) is 19.0 Å². The quantitative estimate of drug-likeness (QED) is 0.643. The molecule has 3 aromatic rings. The zero-order valence-corrected chi connectivity index (χ0v) is 11.8. The topological polar surface area (TPSA) is 109 Å². The van der Waals surface area contributed by atoms with Gasteiger partial charge in [-0.05, 0) is 22.6 Å². The van der Waals surface area contributed by atoms with Crippen LogP contribution in [-0.2, 0) is 22.7 Å². The third kappa shape index (κ3) is 3.44. The second-order valence-electron chi connectivity index (χ2n) is 4.19. The van der Waals surface area contributed by atoms with Gasteiger partial charge in [0.1, 0.15) is 12.9 Å². The molecule has 0 unspecified atom stereocenters. The molecular formula is C12H9ClN6O3. The molecule has 0 radical (unpaired) electrons. The molecular weight excluding hydrogens is 312 g/mol. The van der Waals surface area contributed by atoms with Crippen molar-refractivity contribution in [3.8, 4) is 11.4 Å². The smallest absolute Gasteiger partial charge is 0.328 e. The first-order valence-electron chi connectivity index (χ1n) is 6.15. The van der Waals surface area contributed by atoms with Crippen LogP contribution in [0.25, 0.3) is 11.4 Å². The summed E-state index contributed by atoms with van der Waals surface area (Å²) < 4.78 is 11.3. The molecule has 9 nitrogen and oxygen atoms in total. The molecule has 0 spiro atoms. The summed E-state index contributed by atoms with van der Waals surface area (Å²) >= 11 is 5.90. The van der Waals surface area contributed by atoms with E-state index in [1.165, 1.54) is 11.0 Å². The van der Waals surface area contributed by atoms with Crippen LogP contribution in [0.2, 0.25) is 5.02 Å². The van der Waals surface area contributed by atoms with Gasteiger partial charge in [0.2, 0.25) is 5.82 Å². The lowest BCUT2D eigenvalue weighted by Gasteiger charge is -2.00. The Morgan fingerprint density at radius 2 is 2.32 bits per heavy atom. The number of ether oxygens (including phenoxy) is 1. The van der Waals surface area contributed by atoms with Crippen molar-refractivity contribution in [3.63, 3.8) is 0 Å². The summed E-state index contributed by atoms with van der Waals surface area (Å²) in [5.74, 6) is 0.0314. The summed E-state index contributed by atoms with van der Waals surface area (Å²) in [6.07, 6.45) is 1.31. The van der Waals surface area contributed by atoms with Crippen LogP contribution in [-0.4, -0.2) is 36.3 Å². The minimum atomic E-state index is -0.519. The van der Waals surface area contributed by atoms with Crippen molar-refractivity contribution >= 4 is 17.6 Å². The second-order valence-corrected chi connectivity index (χ2v) is 4.63. The van der Waals surface area contributed by atoms with Crippen LogP contribution in [0.3, 0.4) is 0 Å². The summed E-state index contributed by atoms with van der Waals surface area (Å²) in [5, 5.41) is 14.7. The number of tetrazole rings is 1. The van der Waals surface area contributed by atoms with E-state index in [0.717, 1.165) is 0 Å². The summed E-state index contributed by atoms with van der Waals surface area (Å²) in [6.45, 7) is -0.225. The average molecular weight is 321 g/mol. The van der Waals surface area contributed by atoms with Gasteiger partial charge in [0, 0.05) is 10.6 Å². The number of carbonyl (C=O) groups excluding carboxylic acids is 1. The fraction of sp³-hybridized carbons (Fsp3) is 0.167. The minimum Gasteiger partial charge on any atom is -0.454 e.